The van der Waals surface area contributed by atoms with Crippen LogP contribution in [0.15, 0.2) is 18.2 Å². The van der Waals surface area contributed by atoms with Gasteiger partial charge in [-0.25, -0.2) is 0 Å². The van der Waals surface area contributed by atoms with E-state index >= 15 is 0 Å². The molecule has 1 aliphatic carbocycles. The van der Waals surface area contributed by atoms with Gasteiger partial charge in [-0.05, 0) is 67.8 Å². The van der Waals surface area contributed by atoms with Crippen LogP contribution < -0.4 is 5.32 Å². The Morgan fingerprint density at radius 2 is 1.71 bits per heavy atom. The molecule has 2 aliphatic heterocycles. The summed E-state index contributed by atoms with van der Waals surface area (Å²) in [7, 11) is 0. The number of hydrogen-bond acceptors (Lipinski definition) is 3. The summed E-state index contributed by atoms with van der Waals surface area (Å²) < 4.78 is 85.9. The van der Waals surface area contributed by atoms with Gasteiger partial charge in [0.25, 0.3) is 0 Å². The lowest BCUT2D eigenvalue weighted by Gasteiger charge is -2.37. The molecule has 34 heavy (non-hydrogen) atoms. The van der Waals surface area contributed by atoms with E-state index in [1.807, 2.05) is 0 Å². The molecule has 1 amide bonds. The number of alkyl halides is 6. The first-order valence-corrected chi connectivity index (χ1v) is 11.8. The molecule has 0 radical (unpaired) electrons. The van der Waals surface area contributed by atoms with E-state index in [-0.39, 0.29) is 36.5 Å². The van der Waals surface area contributed by atoms with E-state index in [2.05, 4.69) is 5.32 Å². The van der Waals surface area contributed by atoms with Crippen molar-refractivity contribution in [2.75, 3.05) is 32.8 Å². The summed E-state index contributed by atoms with van der Waals surface area (Å²) in [6, 6.07) is 1.58. The Balaban J connectivity index is 1.65. The first-order valence-electron chi connectivity index (χ1n) is 11.8. The van der Waals surface area contributed by atoms with Gasteiger partial charge in [-0.1, -0.05) is 12.8 Å². The molecule has 1 aromatic carbocycles. The summed E-state index contributed by atoms with van der Waals surface area (Å²) in [5, 5.41) is 3.24. The highest BCUT2D eigenvalue weighted by Crippen LogP contribution is 2.45. The van der Waals surface area contributed by atoms with E-state index in [4.69, 9.17) is 4.74 Å². The van der Waals surface area contributed by atoms with E-state index in [0.717, 1.165) is 37.8 Å². The predicted octanol–water partition coefficient (Wildman–Crippen LogP) is 5.26. The second-order valence-electron chi connectivity index (χ2n) is 10.0. The van der Waals surface area contributed by atoms with Crippen LogP contribution in [0.4, 0.5) is 26.3 Å². The molecule has 1 aromatic rings. The van der Waals surface area contributed by atoms with Crippen molar-refractivity contribution in [3.63, 3.8) is 0 Å². The zero-order chi connectivity index (χ0) is 24.6. The fourth-order valence-corrected chi connectivity index (χ4v) is 5.21. The van der Waals surface area contributed by atoms with Crippen molar-refractivity contribution >= 4 is 5.91 Å². The minimum absolute atomic E-state index is 0.00192. The Labute approximate surface area is 195 Å². The van der Waals surface area contributed by atoms with E-state index in [1.54, 1.807) is 0 Å². The lowest BCUT2D eigenvalue weighted by molar-refractivity contribution is -0.144. The Morgan fingerprint density at radius 3 is 2.21 bits per heavy atom. The molecule has 2 unspecified atom stereocenters. The van der Waals surface area contributed by atoms with Crippen LogP contribution in [0.3, 0.4) is 0 Å². The van der Waals surface area contributed by atoms with Gasteiger partial charge in [-0.15, -0.1) is 0 Å². The Morgan fingerprint density at radius 1 is 1.03 bits per heavy atom. The lowest BCUT2D eigenvalue weighted by atomic mass is 9.79. The van der Waals surface area contributed by atoms with Gasteiger partial charge in [0.1, 0.15) is 0 Å². The normalized spacial score (nSPS) is 26.0. The van der Waals surface area contributed by atoms with Crippen molar-refractivity contribution in [1.29, 1.82) is 0 Å². The molecule has 0 spiro atoms. The summed E-state index contributed by atoms with van der Waals surface area (Å²) in [5.74, 6) is 0.271. The van der Waals surface area contributed by atoms with E-state index in [0.29, 0.717) is 45.1 Å². The number of carbonyl (C=O) groups is 1. The maximum Gasteiger partial charge on any atom is 0.416 e. The smallest absolute Gasteiger partial charge is 0.381 e. The molecule has 2 heterocycles. The standard InChI is InChI=1S/C24H30F6N2O2/c25-23(26,27)19-8-18(9-20(10-19)24(28,29)30)13-32(12-17-2-1-7-34-14-17)21(33)22(5-6-31-15-22)11-16-3-4-16/h8-10,16-17,31H,1-7,11-15H2. The second-order valence-corrected chi connectivity index (χ2v) is 10.0. The molecule has 1 N–H and O–H groups in total. The number of benzene rings is 1. The molecular weight excluding hydrogens is 462 g/mol. The summed E-state index contributed by atoms with van der Waals surface area (Å²) in [5.41, 5.74) is -3.55. The monoisotopic (exact) mass is 492 g/mol. The van der Waals surface area contributed by atoms with Gasteiger partial charge in [-0.2, -0.15) is 26.3 Å². The van der Waals surface area contributed by atoms with Crippen LogP contribution in [0, 0.1) is 17.3 Å². The zero-order valence-corrected chi connectivity index (χ0v) is 18.9. The molecule has 0 aromatic heterocycles. The Kier molecular flexibility index (Phi) is 7.20. The van der Waals surface area contributed by atoms with Gasteiger partial charge in [0.15, 0.2) is 0 Å². The molecule has 4 rings (SSSR count). The third-order valence-electron chi connectivity index (χ3n) is 7.12. The van der Waals surface area contributed by atoms with E-state index in [1.165, 1.54) is 4.90 Å². The maximum absolute atomic E-state index is 13.9. The largest absolute Gasteiger partial charge is 0.416 e. The number of halogens is 6. The van der Waals surface area contributed by atoms with Crippen LogP contribution in [0.2, 0.25) is 0 Å². The van der Waals surface area contributed by atoms with E-state index < -0.39 is 28.9 Å². The van der Waals surface area contributed by atoms with Crippen LogP contribution in [0.25, 0.3) is 0 Å². The number of rotatable bonds is 7. The van der Waals surface area contributed by atoms with E-state index in [9.17, 15) is 31.1 Å². The molecule has 3 fully saturated rings. The summed E-state index contributed by atoms with van der Waals surface area (Å²) >= 11 is 0. The molecule has 2 atom stereocenters. The third-order valence-corrected chi connectivity index (χ3v) is 7.12. The average molecular weight is 493 g/mol. The second kappa shape index (κ2) is 9.68. The van der Waals surface area contributed by atoms with Crippen molar-refractivity contribution < 1.29 is 35.9 Å². The SMILES string of the molecule is O=C(N(Cc1cc(C(F)(F)F)cc(C(F)(F)F)c1)CC1CCCOC1)C1(CC2CC2)CCNC1. The first-order chi connectivity index (χ1) is 16.0. The van der Waals surface area contributed by atoms with Gasteiger partial charge < -0.3 is 15.0 Å². The fraction of sp³-hybridized carbons (Fsp3) is 0.708. The van der Waals surface area contributed by atoms with Gasteiger partial charge in [0.05, 0.1) is 23.1 Å². The Bertz CT molecular complexity index is 837. The van der Waals surface area contributed by atoms with Gasteiger partial charge in [0.2, 0.25) is 5.91 Å². The highest BCUT2D eigenvalue weighted by Gasteiger charge is 2.47. The number of carbonyl (C=O) groups excluding carboxylic acids is 1. The van der Waals surface area contributed by atoms with Crippen molar-refractivity contribution in [3.8, 4) is 0 Å². The van der Waals surface area contributed by atoms with Crippen LogP contribution in [-0.2, 0) is 28.4 Å². The van der Waals surface area contributed by atoms with Gasteiger partial charge in [0, 0.05) is 26.2 Å². The zero-order valence-electron chi connectivity index (χ0n) is 18.9. The minimum atomic E-state index is -4.93. The number of nitrogens with zero attached hydrogens (tertiary/aromatic N) is 1. The van der Waals surface area contributed by atoms with Crippen LogP contribution >= 0.6 is 0 Å². The van der Waals surface area contributed by atoms with Crippen molar-refractivity contribution in [2.24, 2.45) is 17.3 Å². The molecule has 2 saturated heterocycles. The molecule has 10 heteroatoms. The molecule has 4 nitrogen and oxygen atoms in total. The van der Waals surface area contributed by atoms with Crippen LogP contribution in [-0.4, -0.2) is 43.7 Å². The summed E-state index contributed by atoms with van der Waals surface area (Å²) in [4.78, 5) is 15.4. The maximum atomic E-state index is 13.9. The van der Waals surface area contributed by atoms with Crippen LogP contribution in [0.1, 0.15) is 55.2 Å². The number of ether oxygens (including phenoxy) is 1. The average Bonchev–Trinajstić information content (AvgIpc) is 3.45. The highest BCUT2D eigenvalue weighted by molar-refractivity contribution is 5.83. The quantitative estimate of drug-likeness (QED) is 0.528. The molecule has 3 aliphatic rings. The minimum Gasteiger partial charge on any atom is -0.381 e. The van der Waals surface area contributed by atoms with Crippen molar-refractivity contribution in [2.45, 2.75) is 57.4 Å². The molecule has 1 saturated carbocycles. The van der Waals surface area contributed by atoms with Gasteiger partial charge >= 0.3 is 12.4 Å². The third kappa shape index (κ3) is 6.05. The molecule has 0 bridgehead atoms. The van der Waals surface area contributed by atoms with Crippen molar-refractivity contribution in [3.05, 3.63) is 34.9 Å². The first kappa shape index (κ1) is 25.3. The number of nitrogens with one attached hydrogen (secondary N) is 1. The van der Waals surface area contributed by atoms with Crippen LogP contribution in [0.5, 0.6) is 0 Å². The number of amides is 1. The van der Waals surface area contributed by atoms with Crippen molar-refractivity contribution in [1.82, 2.24) is 10.2 Å². The topological polar surface area (TPSA) is 41.6 Å². The molecular formula is C24H30F6N2O2. The highest BCUT2D eigenvalue weighted by atomic mass is 19.4. The predicted molar refractivity (Wildman–Crippen MR) is 113 cm³/mol. The lowest BCUT2D eigenvalue weighted by Crippen LogP contribution is -2.47. The summed E-state index contributed by atoms with van der Waals surface area (Å²) in [6.45, 7) is 2.14. The number of hydrogen-bond donors (Lipinski definition) is 1. The molecule has 190 valence electrons. The Hall–Kier alpha value is -1.81. The summed E-state index contributed by atoms with van der Waals surface area (Å²) in [6.07, 6.45) is -4.82. The fourth-order valence-electron chi connectivity index (χ4n) is 5.21. The van der Waals surface area contributed by atoms with Gasteiger partial charge in [-0.3, -0.25) is 4.79 Å².